The molecule has 0 radical (unpaired) electrons. The molecule has 1 aliphatic rings. The highest BCUT2D eigenvalue weighted by Gasteiger charge is 2.33. The molecule has 1 aromatic heterocycles. The maximum atomic E-state index is 13.3. The maximum absolute atomic E-state index is 13.3. The fourth-order valence-corrected chi connectivity index (χ4v) is 4.63. The van der Waals surface area contributed by atoms with Crippen molar-refractivity contribution in [2.24, 2.45) is 0 Å². The van der Waals surface area contributed by atoms with Gasteiger partial charge in [0.15, 0.2) is 0 Å². The highest BCUT2D eigenvalue weighted by Crippen LogP contribution is 2.39. The van der Waals surface area contributed by atoms with Gasteiger partial charge in [0.2, 0.25) is 0 Å². The minimum absolute atomic E-state index is 0.0394. The number of carbonyl (C=O) groups excluding carboxylic acids is 1. The Balaban J connectivity index is 1.72. The molecular formula is C22H21NO3S. The molecule has 0 fully saturated rings. The lowest BCUT2D eigenvalue weighted by atomic mass is 9.94. The number of hydrogen-bond acceptors (Lipinski definition) is 4. The van der Waals surface area contributed by atoms with Crippen LogP contribution in [0.4, 0.5) is 0 Å². The Kier molecular flexibility index (Phi) is 4.86. The first-order valence-electron chi connectivity index (χ1n) is 8.86. The van der Waals surface area contributed by atoms with Gasteiger partial charge in [0.1, 0.15) is 11.5 Å². The van der Waals surface area contributed by atoms with Crippen molar-refractivity contribution in [1.29, 1.82) is 0 Å². The van der Waals surface area contributed by atoms with Crippen LogP contribution in [-0.4, -0.2) is 31.6 Å². The van der Waals surface area contributed by atoms with Crippen LogP contribution in [0, 0.1) is 0 Å². The molecule has 3 aromatic rings. The zero-order valence-corrected chi connectivity index (χ0v) is 16.2. The molecule has 0 saturated heterocycles. The van der Waals surface area contributed by atoms with Gasteiger partial charge < -0.3 is 14.4 Å². The third-order valence-corrected chi connectivity index (χ3v) is 6.00. The average molecular weight is 379 g/mol. The number of thiophene rings is 1. The van der Waals surface area contributed by atoms with E-state index in [2.05, 4.69) is 11.4 Å². The predicted molar refractivity (Wildman–Crippen MR) is 107 cm³/mol. The van der Waals surface area contributed by atoms with E-state index >= 15 is 0 Å². The van der Waals surface area contributed by atoms with E-state index in [1.165, 1.54) is 10.4 Å². The fraction of sp³-hybridized carbons (Fsp3) is 0.227. The van der Waals surface area contributed by atoms with E-state index in [0.717, 1.165) is 23.5 Å². The van der Waals surface area contributed by atoms with Crippen molar-refractivity contribution < 1.29 is 14.3 Å². The molecule has 5 heteroatoms. The number of benzene rings is 2. The Labute approximate surface area is 163 Å². The largest absolute Gasteiger partial charge is 0.497 e. The van der Waals surface area contributed by atoms with Crippen molar-refractivity contribution in [1.82, 2.24) is 4.90 Å². The zero-order chi connectivity index (χ0) is 18.8. The number of methoxy groups -OCH3 is 2. The molecule has 27 heavy (non-hydrogen) atoms. The van der Waals surface area contributed by atoms with Crippen molar-refractivity contribution in [3.63, 3.8) is 0 Å². The molecule has 0 aliphatic carbocycles. The molecule has 4 rings (SSSR count). The van der Waals surface area contributed by atoms with Crippen molar-refractivity contribution in [2.45, 2.75) is 12.5 Å². The van der Waals surface area contributed by atoms with Gasteiger partial charge in [-0.05, 0) is 65.4 Å². The summed E-state index contributed by atoms with van der Waals surface area (Å²) in [7, 11) is 3.28. The van der Waals surface area contributed by atoms with Gasteiger partial charge in [-0.1, -0.05) is 12.1 Å². The maximum Gasteiger partial charge on any atom is 0.254 e. The lowest BCUT2D eigenvalue weighted by Gasteiger charge is -2.36. The van der Waals surface area contributed by atoms with Crippen LogP contribution in [-0.2, 0) is 6.42 Å². The van der Waals surface area contributed by atoms with Crippen molar-refractivity contribution >= 4 is 17.2 Å². The summed E-state index contributed by atoms with van der Waals surface area (Å²) in [6.45, 7) is 0.700. The molecule has 0 N–H and O–H groups in total. The second-order valence-electron chi connectivity index (χ2n) is 6.46. The summed E-state index contributed by atoms with van der Waals surface area (Å²) in [6.07, 6.45) is 0.882. The smallest absolute Gasteiger partial charge is 0.254 e. The Morgan fingerprint density at radius 1 is 0.963 bits per heavy atom. The summed E-state index contributed by atoms with van der Waals surface area (Å²) in [4.78, 5) is 16.5. The molecule has 1 amide bonds. The highest BCUT2D eigenvalue weighted by atomic mass is 32.1. The van der Waals surface area contributed by atoms with Crippen LogP contribution in [0.25, 0.3) is 0 Å². The number of amides is 1. The van der Waals surface area contributed by atoms with Crippen LogP contribution in [0.15, 0.2) is 60.0 Å². The molecule has 2 aromatic carbocycles. The minimum atomic E-state index is -0.0748. The van der Waals surface area contributed by atoms with E-state index in [1.54, 1.807) is 25.6 Å². The molecule has 138 valence electrons. The van der Waals surface area contributed by atoms with Crippen molar-refractivity contribution in [2.75, 3.05) is 20.8 Å². The van der Waals surface area contributed by atoms with E-state index in [0.29, 0.717) is 12.1 Å². The van der Waals surface area contributed by atoms with Gasteiger partial charge in [-0.15, -0.1) is 11.3 Å². The normalized spacial score (nSPS) is 15.9. The number of rotatable bonds is 4. The lowest BCUT2D eigenvalue weighted by molar-refractivity contribution is 0.0698. The number of carbonyl (C=O) groups is 1. The highest BCUT2D eigenvalue weighted by molar-refractivity contribution is 7.10. The molecule has 2 heterocycles. The summed E-state index contributed by atoms with van der Waals surface area (Å²) in [5.41, 5.74) is 3.11. The first-order valence-corrected chi connectivity index (χ1v) is 9.74. The first kappa shape index (κ1) is 17.6. The number of fused-ring (bicyclic) bond motifs is 1. The van der Waals surface area contributed by atoms with E-state index in [1.807, 2.05) is 53.4 Å². The van der Waals surface area contributed by atoms with E-state index in [-0.39, 0.29) is 11.9 Å². The van der Waals surface area contributed by atoms with Gasteiger partial charge in [-0.2, -0.15) is 0 Å². The molecule has 1 atom stereocenters. The van der Waals surface area contributed by atoms with Gasteiger partial charge in [-0.3, -0.25) is 4.79 Å². The van der Waals surface area contributed by atoms with Gasteiger partial charge in [-0.25, -0.2) is 0 Å². The Morgan fingerprint density at radius 3 is 2.22 bits per heavy atom. The monoisotopic (exact) mass is 379 g/mol. The second kappa shape index (κ2) is 7.45. The standard InChI is InChI=1S/C22H21NO3S/c1-25-18-7-3-15(4-8-18)20-21-16(12-14-27-21)11-13-23(20)22(24)17-5-9-19(26-2)10-6-17/h3-10,12,14,20H,11,13H2,1-2H3. The number of hydrogen-bond donors (Lipinski definition) is 0. The summed E-state index contributed by atoms with van der Waals surface area (Å²) < 4.78 is 10.5. The van der Waals surface area contributed by atoms with Crippen LogP contribution in [0.2, 0.25) is 0 Å². The lowest BCUT2D eigenvalue weighted by Crippen LogP contribution is -2.40. The number of ether oxygens (including phenoxy) is 2. The molecule has 1 unspecified atom stereocenters. The Bertz CT molecular complexity index is 931. The second-order valence-corrected chi connectivity index (χ2v) is 7.41. The van der Waals surface area contributed by atoms with Crippen molar-refractivity contribution in [3.8, 4) is 11.5 Å². The van der Waals surface area contributed by atoms with Crippen LogP contribution in [0.3, 0.4) is 0 Å². The summed E-state index contributed by atoms with van der Waals surface area (Å²) in [5, 5.41) is 2.11. The number of nitrogens with zero attached hydrogens (tertiary/aromatic N) is 1. The van der Waals surface area contributed by atoms with Gasteiger partial charge in [0.05, 0.1) is 20.3 Å². The molecule has 0 saturated carbocycles. The van der Waals surface area contributed by atoms with E-state index < -0.39 is 0 Å². The molecular weight excluding hydrogens is 358 g/mol. The zero-order valence-electron chi connectivity index (χ0n) is 15.3. The SMILES string of the molecule is COc1ccc(C(=O)N2CCc3ccsc3C2c2ccc(OC)cc2)cc1. The minimum Gasteiger partial charge on any atom is -0.497 e. The van der Waals surface area contributed by atoms with Gasteiger partial charge in [0.25, 0.3) is 5.91 Å². The molecule has 0 spiro atoms. The summed E-state index contributed by atoms with van der Waals surface area (Å²) >= 11 is 1.72. The average Bonchev–Trinajstić information content (AvgIpc) is 3.21. The quantitative estimate of drug-likeness (QED) is 0.667. The molecule has 0 bridgehead atoms. The topological polar surface area (TPSA) is 38.8 Å². The van der Waals surface area contributed by atoms with Crippen LogP contribution >= 0.6 is 11.3 Å². The predicted octanol–water partition coefficient (Wildman–Crippen LogP) is 4.55. The molecule has 4 nitrogen and oxygen atoms in total. The first-order chi connectivity index (χ1) is 13.2. The van der Waals surface area contributed by atoms with Gasteiger partial charge in [0, 0.05) is 17.0 Å². The Morgan fingerprint density at radius 2 is 1.59 bits per heavy atom. The Hall–Kier alpha value is -2.79. The van der Waals surface area contributed by atoms with E-state index in [9.17, 15) is 4.79 Å². The van der Waals surface area contributed by atoms with Crippen LogP contribution < -0.4 is 9.47 Å². The van der Waals surface area contributed by atoms with E-state index in [4.69, 9.17) is 9.47 Å². The van der Waals surface area contributed by atoms with Crippen LogP contribution in [0.1, 0.15) is 32.4 Å². The summed E-state index contributed by atoms with van der Waals surface area (Å²) in [6, 6.07) is 17.4. The van der Waals surface area contributed by atoms with Gasteiger partial charge >= 0.3 is 0 Å². The van der Waals surface area contributed by atoms with Crippen LogP contribution in [0.5, 0.6) is 11.5 Å². The summed E-state index contributed by atoms with van der Waals surface area (Å²) in [5.74, 6) is 1.60. The third kappa shape index (κ3) is 3.30. The van der Waals surface area contributed by atoms with Crippen molar-refractivity contribution in [3.05, 3.63) is 81.5 Å². The third-order valence-electron chi connectivity index (χ3n) is 4.99. The fourth-order valence-electron chi connectivity index (χ4n) is 3.54. The molecule has 1 aliphatic heterocycles.